The highest BCUT2D eigenvalue weighted by atomic mass is 16.5. The minimum Gasteiger partial charge on any atom is -0.497 e. The summed E-state index contributed by atoms with van der Waals surface area (Å²) in [5.74, 6) is 2.95. The molecule has 0 aliphatic rings. The van der Waals surface area contributed by atoms with Crippen LogP contribution >= 0.6 is 0 Å². The summed E-state index contributed by atoms with van der Waals surface area (Å²) in [6, 6.07) is 11.3. The lowest BCUT2D eigenvalue weighted by Crippen LogP contribution is -2.39. The highest BCUT2D eigenvalue weighted by Gasteiger charge is 2.00. The second-order valence-electron chi connectivity index (χ2n) is 5.35. The van der Waals surface area contributed by atoms with Crippen LogP contribution in [0.2, 0.25) is 0 Å². The fourth-order valence-electron chi connectivity index (χ4n) is 2.15. The van der Waals surface area contributed by atoms with Crippen molar-refractivity contribution in [3.8, 4) is 17.4 Å². The van der Waals surface area contributed by atoms with Crippen molar-refractivity contribution < 1.29 is 14.2 Å². The molecule has 7 heteroatoms. The van der Waals surface area contributed by atoms with Gasteiger partial charge in [0.2, 0.25) is 5.88 Å². The van der Waals surface area contributed by atoms with Gasteiger partial charge in [0, 0.05) is 18.8 Å². The quantitative estimate of drug-likeness (QED) is 0.407. The summed E-state index contributed by atoms with van der Waals surface area (Å²) in [6.07, 6.45) is 1.76. The number of nitrogens with one attached hydrogen (secondary N) is 2. The van der Waals surface area contributed by atoms with Crippen LogP contribution in [-0.2, 0) is 6.54 Å². The molecule has 0 radical (unpaired) electrons. The number of rotatable bonds is 9. The molecule has 2 aromatic rings. The van der Waals surface area contributed by atoms with Crippen molar-refractivity contribution in [2.45, 2.75) is 13.5 Å². The lowest BCUT2D eigenvalue weighted by molar-refractivity contribution is 0.321. The zero-order valence-electron chi connectivity index (χ0n) is 15.5. The molecule has 0 aliphatic carbocycles. The molecule has 0 atom stereocenters. The predicted octanol–water partition coefficient (Wildman–Crippen LogP) is 2.23. The average molecular weight is 358 g/mol. The first-order valence-electron chi connectivity index (χ1n) is 8.53. The number of aliphatic imine (C=N–C) groups is 1. The van der Waals surface area contributed by atoms with Crippen molar-refractivity contribution in [1.82, 2.24) is 15.6 Å². The van der Waals surface area contributed by atoms with Gasteiger partial charge < -0.3 is 24.8 Å². The van der Waals surface area contributed by atoms with E-state index in [1.807, 2.05) is 43.3 Å². The van der Waals surface area contributed by atoms with Crippen LogP contribution in [-0.4, -0.2) is 44.9 Å². The van der Waals surface area contributed by atoms with Gasteiger partial charge in [-0.3, -0.25) is 0 Å². The molecule has 1 heterocycles. The highest BCUT2D eigenvalue weighted by molar-refractivity contribution is 5.79. The molecule has 2 rings (SSSR count). The lowest BCUT2D eigenvalue weighted by Gasteiger charge is -2.12. The second kappa shape index (κ2) is 10.8. The smallest absolute Gasteiger partial charge is 0.212 e. The highest BCUT2D eigenvalue weighted by Crippen LogP contribution is 2.16. The van der Waals surface area contributed by atoms with Crippen molar-refractivity contribution in [3.05, 3.63) is 48.2 Å². The van der Waals surface area contributed by atoms with E-state index < -0.39 is 0 Å². The first-order chi connectivity index (χ1) is 12.7. The Bertz CT molecular complexity index is 672. The maximum absolute atomic E-state index is 5.70. The standard InChI is InChI=1S/C19H26N4O3/c1-4-20-19(23-14-15-5-10-18(25-3)22-13-15)21-11-12-26-17-8-6-16(24-2)7-9-17/h5-10,13H,4,11-12,14H2,1-3H3,(H2,20,21,23). The summed E-state index contributed by atoms with van der Waals surface area (Å²) in [5.41, 5.74) is 1.01. The third kappa shape index (κ3) is 6.51. The molecule has 0 spiro atoms. The van der Waals surface area contributed by atoms with Crippen molar-refractivity contribution in [1.29, 1.82) is 0 Å². The second-order valence-corrected chi connectivity index (χ2v) is 5.35. The van der Waals surface area contributed by atoms with Crippen LogP contribution in [0.3, 0.4) is 0 Å². The van der Waals surface area contributed by atoms with E-state index in [0.717, 1.165) is 29.6 Å². The van der Waals surface area contributed by atoms with E-state index in [1.165, 1.54) is 0 Å². The van der Waals surface area contributed by atoms with Crippen LogP contribution in [0.4, 0.5) is 0 Å². The molecule has 7 nitrogen and oxygen atoms in total. The molecule has 1 aromatic heterocycles. The number of aromatic nitrogens is 1. The van der Waals surface area contributed by atoms with Gasteiger partial charge in [-0.2, -0.15) is 0 Å². The van der Waals surface area contributed by atoms with Crippen LogP contribution < -0.4 is 24.8 Å². The Morgan fingerprint density at radius 2 is 1.77 bits per heavy atom. The van der Waals surface area contributed by atoms with E-state index in [2.05, 4.69) is 20.6 Å². The lowest BCUT2D eigenvalue weighted by atomic mass is 10.3. The van der Waals surface area contributed by atoms with Gasteiger partial charge in [0.1, 0.15) is 18.1 Å². The predicted molar refractivity (Wildman–Crippen MR) is 102 cm³/mol. The topological polar surface area (TPSA) is 77.0 Å². The molecule has 0 saturated carbocycles. The summed E-state index contributed by atoms with van der Waals surface area (Å²) in [6.45, 7) is 4.51. The van der Waals surface area contributed by atoms with Gasteiger partial charge in [-0.25, -0.2) is 9.98 Å². The molecule has 140 valence electrons. The van der Waals surface area contributed by atoms with E-state index in [1.54, 1.807) is 20.4 Å². The average Bonchev–Trinajstić information content (AvgIpc) is 2.70. The minimum absolute atomic E-state index is 0.529. The summed E-state index contributed by atoms with van der Waals surface area (Å²) in [7, 11) is 3.24. The fourth-order valence-corrected chi connectivity index (χ4v) is 2.15. The fraction of sp³-hybridized carbons (Fsp3) is 0.368. The van der Waals surface area contributed by atoms with E-state index in [9.17, 15) is 0 Å². The van der Waals surface area contributed by atoms with Gasteiger partial charge in [0.15, 0.2) is 5.96 Å². The minimum atomic E-state index is 0.529. The molecule has 1 aromatic carbocycles. The summed E-state index contributed by atoms with van der Waals surface area (Å²) in [5, 5.41) is 6.46. The zero-order valence-corrected chi connectivity index (χ0v) is 15.5. The SMILES string of the molecule is CCNC(=NCc1ccc(OC)nc1)NCCOc1ccc(OC)cc1. The number of guanidine groups is 1. The first-order valence-corrected chi connectivity index (χ1v) is 8.53. The number of methoxy groups -OCH3 is 2. The summed E-state index contributed by atoms with van der Waals surface area (Å²) >= 11 is 0. The Morgan fingerprint density at radius 1 is 1.00 bits per heavy atom. The van der Waals surface area contributed by atoms with E-state index in [-0.39, 0.29) is 0 Å². The molecule has 0 bridgehead atoms. The molecular formula is C19H26N4O3. The van der Waals surface area contributed by atoms with Gasteiger partial charge in [-0.05, 0) is 36.8 Å². The van der Waals surface area contributed by atoms with Crippen LogP contribution in [0.5, 0.6) is 17.4 Å². The van der Waals surface area contributed by atoms with Crippen LogP contribution in [0.15, 0.2) is 47.6 Å². The largest absolute Gasteiger partial charge is 0.497 e. The van der Waals surface area contributed by atoms with Crippen molar-refractivity contribution in [2.24, 2.45) is 4.99 Å². The number of pyridine rings is 1. The summed E-state index contributed by atoms with van der Waals surface area (Å²) < 4.78 is 15.9. The van der Waals surface area contributed by atoms with Gasteiger partial charge in [0.25, 0.3) is 0 Å². The van der Waals surface area contributed by atoms with Gasteiger partial charge >= 0.3 is 0 Å². The van der Waals surface area contributed by atoms with Gasteiger partial charge in [-0.15, -0.1) is 0 Å². The number of benzene rings is 1. The Balaban J connectivity index is 1.78. The molecule has 0 unspecified atom stereocenters. The molecule has 0 fully saturated rings. The van der Waals surface area contributed by atoms with Crippen LogP contribution in [0, 0.1) is 0 Å². The number of nitrogens with zero attached hydrogens (tertiary/aromatic N) is 2. The molecule has 26 heavy (non-hydrogen) atoms. The monoisotopic (exact) mass is 358 g/mol. The van der Waals surface area contributed by atoms with Crippen molar-refractivity contribution in [3.63, 3.8) is 0 Å². The Labute approximate surface area is 154 Å². The van der Waals surface area contributed by atoms with E-state index in [4.69, 9.17) is 14.2 Å². The molecule has 0 amide bonds. The van der Waals surface area contributed by atoms with Crippen LogP contribution in [0.25, 0.3) is 0 Å². The Hall–Kier alpha value is -2.96. The van der Waals surface area contributed by atoms with Gasteiger partial charge in [0.05, 0.1) is 27.3 Å². The number of hydrogen-bond donors (Lipinski definition) is 2. The van der Waals surface area contributed by atoms with Crippen molar-refractivity contribution >= 4 is 5.96 Å². The molecule has 0 saturated heterocycles. The van der Waals surface area contributed by atoms with E-state index >= 15 is 0 Å². The van der Waals surface area contributed by atoms with Crippen molar-refractivity contribution in [2.75, 3.05) is 33.9 Å². The molecule has 2 N–H and O–H groups in total. The third-order valence-corrected chi connectivity index (χ3v) is 3.49. The maximum Gasteiger partial charge on any atom is 0.212 e. The third-order valence-electron chi connectivity index (χ3n) is 3.49. The Kier molecular flexibility index (Phi) is 8.05. The zero-order chi connectivity index (χ0) is 18.6. The van der Waals surface area contributed by atoms with Gasteiger partial charge in [-0.1, -0.05) is 6.07 Å². The molecule has 0 aliphatic heterocycles. The van der Waals surface area contributed by atoms with Crippen LogP contribution in [0.1, 0.15) is 12.5 Å². The normalized spacial score (nSPS) is 11.0. The van der Waals surface area contributed by atoms with E-state index in [0.29, 0.717) is 25.6 Å². The first kappa shape index (κ1) is 19.4. The number of ether oxygens (including phenoxy) is 3. The Morgan fingerprint density at radius 3 is 2.38 bits per heavy atom. The number of hydrogen-bond acceptors (Lipinski definition) is 5. The molecular weight excluding hydrogens is 332 g/mol. The summed E-state index contributed by atoms with van der Waals surface area (Å²) in [4.78, 5) is 8.73. The maximum atomic E-state index is 5.70.